The quantitative estimate of drug-likeness (QED) is 0.744. The Kier molecular flexibility index (Phi) is 4.41. The minimum Gasteiger partial charge on any atom is -0.488 e. The highest BCUT2D eigenvalue weighted by atomic mass is 19.1. The van der Waals surface area contributed by atoms with E-state index in [0.29, 0.717) is 17.2 Å². The molecule has 124 valence electrons. The molecule has 0 saturated heterocycles. The van der Waals surface area contributed by atoms with Crippen LogP contribution in [0.1, 0.15) is 19.4 Å². The Morgan fingerprint density at radius 1 is 1.25 bits per heavy atom. The third-order valence-electron chi connectivity index (χ3n) is 3.29. The van der Waals surface area contributed by atoms with E-state index in [0.717, 1.165) is 11.3 Å². The molecule has 2 N–H and O–H groups in total. The summed E-state index contributed by atoms with van der Waals surface area (Å²) in [6, 6.07) is 4.84. The number of aryl methyl sites for hydroxylation is 1. The van der Waals surface area contributed by atoms with E-state index in [1.54, 1.807) is 30.7 Å². The monoisotopic (exact) mass is 327 g/mol. The molecule has 0 bridgehead atoms. The Labute approximate surface area is 139 Å². The summed E-state index contributed by atoms with van der Waals surface area (Å²) in [7, 11) is 0. The highest BCUT2D eigenvalue weighted by molar-refractivity contribution is 5.65. The maximum absolute atomic E-state index is 14.2. The van der Waals surface area contributed by atoms with Gasteiger partial charge >= 0.3 is 0 Å². The second kappa shape index (κ2) is 6.66. The van der Waals surface area contributed by atoms with Gasteiger partial charge in [-0.2, -0.15) is 5.10 Å². The molecule has 0 aliphatic heterocycles. The number of aromatic amines is 1. The molecule has 0 aliphatic carbocycles. The zero-order valence-electron chi connectivity index (χ0n) is 13.7. The van der Waals surface area contributed by atoms with Gasteiger partial charge in [0.25, 0.3) is 0 Å². The van der Waals surface area contributed by atoms with Gasteiger partial charge < -0.3 is 10.1 Å². The van der Waals surface area contributed by atoms with E-state index < -0.39 is 5.82 Å². The second-order valence-electron chi connectivity index (χ2n) is 5.65. The van der Waals surface area contributed by atoms with E-state index in [1.807, 2.05) is 20.8 Å². The van der Waals surface area contributed by atoms with Crippen LogP contribution in [-0.4, -0.2) is 26.3 Å². The van der Waals surface area contributed by atoms with Crippen LogP contribution in [0.3, 0.4) is 0 Å². The molecule has 0 fully saturated rings. The molecule has 6 nitrogen and oxygen atoms in total. The average molecular weight is 327 g/mol. The predicted octanol–water partition coefficient (Wildman–Crippen LogP) is 3.85. The SMILES string of the molecule is Cc1cnc(Nc2cn[nH]c2)nc1-c1ccc(OC(C)C)c(F)c1. The number of nitrogens with zero attached hydrogens (tertiary/aromatic N) is 3. The van der Waals surface area contributed by atoms with Gasteiger partial charge in [-0.3, -0.25) is 5.10 Å². The largest absolute Gasteiger partial charge is 0.488 e. The third-order valence-corrected chi connectivity index (χ3v) is 3.29. The Balaban J connectivity index is 1.92. The van der Waals surface area contributed by atoms with E-state index in [-0.39, 0.29) is 11.9 Å². The highest BCUT2D eigenvalue weighted by Gasteiger charge is 2.12. The number of nitrogens with one attached hydrogen (secondary N) is 2. The fraction of sp³-hybridized carbons (Fsp3) is 0.235. The van der Waals surface area contributed by atoms with Gasteiger partial charge in [-0.05, 0) is 44.5 Å². The lowest BCUT2D eigenvalue weighted by Gasteiger charge is -2.12. The van der Waals surface area contributed by atoms with Gasteiger partial charge in [-0.25, -0.2) is 14.4 Å². The standard InChI is InChI=1S/C17H18FN5O/c1-10(2)24-15-5-4-12(6-14(15)18)16-11(3)7-19-17(23-16)22-13-8-20-21-9-13/h4-10H,1-3H3,(H,20,21)(H,19,22,23). The minimum absolute atomic E-state index is 0.0862. The summed E-state index contributed by atoms with van der Waals surface area (Å²) >= 11 is 0. The molecule has 0 radical (unpaired) electrons. The van der Waals surface area contributed by atoms with Crippen LogP contribution >= 0.6 is 0 Å². The molecular formula is C17H18FN5O. The Morgan fingerprint density at radius 2 is 2.08 bits per heavy atom. The van der Waals surface area contributed by atoms with E-state index in [2.05, 4.69) is 25.5 Å². The smallest absolute Gasteiger partial charge is 0.227 e. The first kappa shape index (κ1) is 15.9. The lowest BCUT2D eigenvalue weighted by Crippen LogP contribution is -2.07. The van der Waals surface area contributed by atoms with Crippen molar-refractivity contribution in [1.82, 2.24) is 20.2 Å². The van der Waals surface area contributed by atoms with Gasteiger partial charge in [0.1, 0.15) is 0 Å². The van der Waals surface area contributed by atoms with E-state index in [1.165, 1.54) is 6.07 Å². The van der Waals surface area contributed by atoms with Crippen molar-refractivity contribution in [2.75, 3.05) is 5.32 Å². The number of aromatic nitrogens is 4. The molecule has 2 heterocycles. The molecule has 0 saturated carbocycles. The van der Waals surface area contributed by atoms with Crippen molar-refractivity contribution in [2.24, 2.45) is 0 Å². The lowest BCUT2D eigenvalue weighted by atomic mass is 10.1. The molecule has 1 aromatic carbocycles. The number of H-pyrrole nitrogens is 1. The predicted molar refractivity (Wildman–Crippen MR) is 89.8 cm³/mol. The maximum atomic E-state index is 14.2. The summed E-state index contributed by atoms with van der Waals surface area (Å²) in [6.45, 7) is 5.60. The first-order valence-corrected chi connectivity index (χ1v) is 7.59. The first-order valence-electron chi connectivity index (χ1n) is 7.59. The van der Waals surface area contributed by atoms with Crippen molar-refractivity contribution in [3.05, 3.63) is 48.2 Å². The Bertz CT molecular complexity index is 833. The first-order chi connectivity index (χ1) is 11.5. The fourth-order valence-corrected chi connectivity index (χ4v) is 2.24. The van der Waals surface area contributed by atoms with Crippen LogP contribution < -0.4 is 10.1 Å². The van der Waals surface area contributed by atoms with E-state index in [9.17, 15) is 4.39 Å². The molecule has 0 unspecified atom stereocenters. The molecule has 3 aromatic rings. The fourth-order valence-electron chi connectivity index (χ4n) is 2.24. The van der Waals surface area contributed by atoms with Gasteiger partial charge in [0, 0.05) is 18.0 Å². The molecule has 0 spiro atoms. The normalized spacial score (nSPS) is 10.9. The second-order valence-corrected chi connectivity index (χ2v) is 5.65. The summed E-state index contributed by atoms with van der Waals surface area (Å²) in [4.78, 5) is 8.71. The maximum Gasteiger partial charge on any atom is 0.227 e. The molecule has 3 rings (SSSR count). The van der Waals surface area contributed by atoms with Crippen molar-refractivity contribution < 1.29 is 9.13 Å². The molecule has 0 amide bonds. The highest BCUT2D eigenvalue weighted by Crippen LogP contribution is 2.28. The molecule has 2 aromatic heterocycles. The Morgan fingerprint density at radius 3 is 2.75 bits per heavy atom. The lowest BCUT2D eigenvalue weighted by molar-refractivity contribution is 0.231. The molecule has 0 aliphatic rings. The van der Waals surface area contributed by atoms with E-state index in [4.69, 9.17) is 4.74 Å². The summed E-state index contributed by atoms with van der Waals surface area (Å²) in [5.41, 5.74) is 2.92. The van der Waals surface area contributed by atoms with Crippen molar-refractivity contribution in [3.63, 3.8) is 0 Å². The topological polar surface area (TPSA) is 75.7 Å². The van der Waals surface area contributed by atoms with Crippen molar-refractivity contribution in [2.45, 2.75) is 26.9 Å². The molecule has 24 heavy (non-hydrogen) atoms. The Hall–Kier alpha value is -2.96. The number of benzene rings is 1. The number of anilines is 2. The molecular weight excluding hydrogens is 309 g/mol. The van der Waals surface area contributed by atoms with Crippen LogP contribution in [0.4, 0.5) is 16.0 Å². The van der Waals surface area contributed by atoms with Gasteiger partial charge in [0.2, 0.25) is 5.95 Å². The van der Waals surface area contributed by atoms with E-state index >= 15 is 0 Å². The summed E-state index contributed by atoms with van der Waals surface area (Å²) in [6.07, 6.45) is 4.93. The van der Waals surface area contributed by atoms with Crippen LogP contribution in [0, 0.1) is 12.7 Å². The summed E-state index contributed by atoms with van der Waals surface area (Å²) in [5.74, 6) is 0.237. The van der Waals surface area contributed by atoms with Gasteiger partial charge in [0.05, 0.1) is 23.7 Å². The third kappa shape index (κ3) is 3.51. The zero-order chi connectivity index (χ0) is 17.1. The number of hydrogen-bond acceptors (Lipinski definition) is 5. The number of rotatable bonds is 5. The van der Waals surface area contributed by atoms with Crippen LogP contribution in [-0.2, 0) is 0 Å². The number of hydrogen-bond donors (Lipinski definition) is 2. The van der Waals surface area contributed by atoms with Crippen molar-refractivity contribution >= 4 is 11.6 Å². The van der Waals surface area contributed by atoms with Gasteiger partial charge in [0.15, 0.2) is 11.6 Å². The van der Waals surface area contributed by atoms with Crippen molar-refractivity contribution in [1.29, 1.82) is 0 Å². The van der Waals surface area contributed by atoms with Gasteiger partial charge in [-0.1, -0.05) is 0 Å². The van der Waals surface area contributed by atoms with Crippen LogP contribution in [0.15, 0.2) is 36.8 Å². The number of ether oxygens (including phenoxy) is 1. The average Bonchev–Trinajstić information content (AvgIpc) is 3.04. The molecule has 7 heteroatoms. The van der Waals surface area contributed by atoms with Gasteiger partial charge in [-0.15, -0.1) is 0 Å². The van der Waals surface area contributed by atoms with Crippen molar-refractivity contribution in [3.8, 4) is 17.0 Å². The minimum atomic E-state index is -0.413. The van der Waals surface area contributed by atoms with Crippen LogP contribution in [0.25, 0.3) is 11.3 Å². The molecule has 0 atom stereocenters. The van der Waals surface area contributed by atoms with Crippen LogP contribution in [0.5, 0.6) is 5.75 Å². The number of halogens is 1. The summed E-state index contributed by atoms with van der Waals surface area (Å²) in [5, 5.41) is 9.60. The van der Waals surface area contributed by atoms with Crippen LogP contribution in [0.2, 0.25) is 0 Å². The zero-order valence-corrected chi connectivity index (χ0v) is 13.7. The summed E-state index contributed by atoms with van der Waals surface area (Å²) < 4.78 is 19.7.